The van der Waals surface area contributed by atoms with Gasteiger partial charge in [-0.1, -0.05) is 31.5 Å². The van der Waals surface area contributed by atoms with Gasteiger partial charge in [0, 0.05) is 36.4 Å². The van der Waals surface area contributed by atoms with E-state index in [1.165, 1.54) is 6.07 Å². The first kappa shape index (κ1) is 18.2. The number of carbonyl (C=O) groups excluding carboxylic acids is 1. The van der Waals surface area contributed by atoms with Gasteiger partial charge in [0.2, 0.25) is 5.91 Å². The first-order valence-corrected chi connectivity index (χ1v) is 8.29. The van der Waals surface area contributed by atoms with Crippen molar-refractivity contribution in [1.29, 1.82) is 0 Å². The van der Waals surface area contributed by atoms with Gasteiger partial charge in [-0.05, 0) is 30.9 Å². The first-order chi connectivity index (χ1) is 10.9. The van der Waals surface area contributed by atoms with E-state index >= 15 is 0 Å². The lowest BCUT2D eigenvalue weighted by atomic mass is 9.79. The van der Waals surface area contributed by atoms with Crippen molar-refractivity contribution < 1.29 is 13.9 Å². The summed E-state index contributed by atoms with van der Waals surface area (Å²) in [5.41, 5.74) is 5.55. The molecule has 0 unspecified atom stereocenters. The molecule has 1 aromatic rings. The van der Waals surface area contributed by atoms with Gasteiger partial charge in [0.05, 0.1) is 5.41 Å². The molecule has 1 aromatic carbocycles. The van der Waals surface area contributed by atoms with Gasteiger partial charge in [0.15, 0.2) is 0 Å². The Balaban J connectivity index is 2.17. The van der Waals surface area contributed by atoms with E-state index in [2.05, 4.69) is 5.32 Å². The Labute approximate surface area is 141 Å². The van der Waals surface area contributed by atoms with Gasteiger partial charge in [-0.15, -0.1) is 0 Å². The topological polar surface area (TPSA) is 64.3 Å². The molecule has 1 atom stereocenters. The maximum atomic E-state index is 14.2. The SMILES string of the molecule is CC(C)[C@H](NCC1(C(N)=O)CCOCC1)c1ccc(Cl)cc1F. The van der Waals surface area contributed by atoms with Crippen LogP contribution in [0.1, 0.15) is 38.3 Å². The molecule has 0 spiro atoms. The van der Waals surface area contributed by atoms with E-state index in [1.54, 1.807) is 12.1 Å². The highest BCUT2D eigenvalue weighted by atomic mass is 35.5. The van der Waals surface area contributed by atoms with E-state index in [9.17, 15) is 9.18 Å². The zero-order valence-electron chi connectivity index (χ0n) is 13.6. The standard InChI is InChI=1S/C17H24ClFN2O2/c1-11(2)15(13-4-3-12(18)9-14(13)19)21-10-17(16(20)22)5-7-23-8-6-17/h3-4,9,11,15,21H,5-8,10H2,1-2H3,(H2,20,22)/t15-/m0/s1. The van der Waals surface area contributed by atoms with Crippen molar-refractivity contribution >= 4 is 17.5 Å². The molecule has 6 heteroatoms. The lowest BCUT2D eigenvalue weighted by Crippen LogP contribution is -2.49. The van der Waals surface area contributed by atoms with Crippen LogP contribution in [-0.4, -0.2) is 25.7 Å². The third-order valence-corrected chi connectivity index (χ3v) is 4.83. The van der Waals surface area contributed by atoms with Crippen molar-refractivity contribution in [3.63, 3.8) is 0 Å². The molecule has 1 heterocycles. The number of hydrogen-bond acceptors (Lipinski definition) is 3. The van der Waals surface area contributed by atoms with Crippen molar-refractivity contribution in [2.24, 2.45) is 17.1 Å². The average molecular weight is 343 g/mol. The number of carbonyl (C=O) groups is 1. The number of rotatable bonds is 6. The molecule has 0 aromatic heterocycles. The van der Waals surface area contributed by atoms with Crippen molar-refractivity contribution in [3.8, 4) is 0 Å². The summed E-state index contributed by atoms with van der Waals surface area (Å²) in [4.78, 5) is 11.9. The summed E-state index contributed by atoms with van der Waals surface area (Å²) in [6.45, 7) is 5.47. The van der Waals surface area contributed by atoms with Crippen molar-refractivity contribution in [2.75, 3.05) is 19.8 Å². The number of nitrogens with one attached hydrogen (secondary N) is 1. The normalized spacial score (nSPS) is 18.8. The molecule has 1 fully saturated rings. The summed E-state index contributed by atoms with van der Waals surface area (Å²) < 4.78 is 19.6. The highest BCUT2D eigenvalue weighted by Gasteiger charge is 2.39. The van der Waals surface area contributed by atoms with Crippen LogP contribution in [0.2, 0.25) is 5.02 Å². The number of amides is 1. The molecule has 0 bridgehead atoms. The Morgan fingerprint density at radius 2 is 2.09 bits per heavy atom. The molecule has 23 heavy (non-hydrogen) atoms. The van der Waals surface area contributed by atoms with Gasteiger partial charge in [-0.2, -0.15) is 0 Å². The molecule has 4 nitrogen and oxygen atoms in total. The van der Waals surface area contributed by atoms with Crippen molar-refractivity contribution in [3.05, 3.63) is 34.6 Å². The second-order valence-electron chi connectivity index (χ2n) is 6.53. The number of ether oxygens (including phenoxy) is 1. The van der Waals surface area contributed by atoms with Crippen LogP contribution in [0.25, 0.3) is 0 Å². The van der Waals surface area contributed by atoms with E-state index < -0.39 is 5.41 Å². The zero-order valence-corrected chi connectivity index (χ0v) is 14.3. The molecule has 0 aliphatic carbocycles. The van der Waals surface area contributed by atoms with Gasteiger partial charge in [0.25, 0.3) is 0 Å². The van der Waals surface area contributed by atoms with Gasteiger partial charge < -0.3 is 15.8 Å². The minimum absolute atomic E-state index is 0.149. The summed E-state index contributed by atoms with van der Waals surface area (Å²) in [5.74, 6) is -0.522. The molecule has 1 amide bonds. The quantitative estimate of drug-likeness (QED) is 0.835. The number of benzene rings is 1. The first-order valence-electron chi connectivity index (χ1n) is 7.92. The van der Waals surface area contributed by atoms with Crippen LogP contribution in [0.5, 0.6) is 0 Å². The third kappa shape index (κ3) is 4.22. The van der Waals surface area contributed by atoms with Crippen molar-refractivity contribution in [2.45, 2.75) is 32.7 Å². The maximum Gasteiger partial charge on any atom is 0.225 e. The van der Waals surface area contributed by atoms with E-state index in [1.807, 2.05) is 13.8 Å². The molecule has 1 saturated heterocycles. The van der Waals surface area contributed by atoms with E-state index in [0.29, 0.717) is 43.2 Å². The average Bonchev–Trinajstić information content (AvgIpc) is 2.49. The fourth-order valence-electron chi connectivity index (χ4n) is 3.04. The Kier molecular flexibility index (Phi) is 6.00. The van der Waals surface area contributed by atoms with Crippen LogP contribution in [0.15, 0.2) is 18.2 Å². The maximum absolute atomic E-state index is 14.2. The highest BCUT2D eigenvalue weighted by molar-refractivity contribution is 6.30. The predicted molar refractivity (Wildman–Crippen MR) is 88.7 cm³/mol. The summed E-state index contributed by atoms with van der Waals surface area (Å²) in [5, 5.41) is 3.72. The molecular weight excluding hydrogens is 319 g/mol. The summed E-state index contributed by atoms with van der Waals surface area (Å²) >= 11 is 5.83. The Hall–Kier alpha value is -1.17. The Morgan fingerprint density at radius 3 is 2.61 bits per heavy atom. The van der Waals surface area contributed by atoms with Gasteiger partial charge in [0.1, 0.15) is 5.82 Å². The van der Waals surface area contributed by atoms with E-state index in [-0.39, 0.29) is 23.7 Å². The van der Waals surface area contributed by atoms with Crippen LogP contribution in [0.4, 0.5) is 4.39 Å². The fraction of sp³-hybridized carbons (Fsp3) is 0.588. The second-order valence-corrected chi connectivity index (χ2v) is 6.96. The molecule has 0 saturated carbocycles. The van der Waals surface area contributed by atoms with Crippen LogP contribution in [0.3, 0.4) is 0 Å². The number of nitrogens with two attached hydrogens (primary N) is 1. The van der Waals surface area contributed by atoms with Gasteiger partial charge in [-0.3, -0.25) is 4.79 Å². The van der Waals surface area contributed by atoms with Crippen LogP contribution >= 0.6 is 11.6 Å². The molecule has 0 radical (unpaired) electrons. The largest absolute Gasteiger partial charge is 0.381 e. The molecule has 128 valence electrons. The summed E-state index contributed by atoms with van der Waals surface area (Å²) in [6.07, 6.45) is 1.17. The van der Waals surface area contributed by atoms with Crippen LogP contribution < -0.4 is 11.1 Å². The predicted octanol–water partition coefficient (Wildman–Crippen LogP) is 3.05. The van der Waals surface area contributed by atoms with E-state index in [4.69, 9.17) is 22.1 Å². The Bertz CT molecular complexity index is 560. The summed E-state index contributed by atoms with van der Waals surface area (Å²) in [7, 11) is 0. The zero-order chi connectivity index (χ0) is 17.0. The number of hydrogen-bond donors (Lipinski definition) is 2. The van der Waals surface area contributed by atoms with Crippen LogP contribution in [0, 0.1) is 17.2 Å². The smallest absolute Gasteiger partial charge is 0.225 e. The van der Waals surface area contributed by atoms with Crippen molar-refractivity contribution in [1.82, 2.24) is 5.32 Å². The van der Waals surface area contributed by atoms with Gasteiger partial charge >= 0.3 is 0 Å². The fourth-order valence-corrected chi connectivity index (χ4v) is 3.20. The lowest BCUT2D eigenvalue weighted by molar-refractivity contribution is -0.133. The summed E-state index contributed by atoms with van der Waals surface area (Å²) in [6, 6.07) is 4.46. The second kappa shape index (κ2) is 7.60. The van der Waals surface area contributed by atoms with E-state index in [0.717, 1.165) is 0 Å². The molecular formula is C17H24ClFN2O2. The highest BCUT2D eigenvalue weighted by Crippen LogP contribution is 2.32. The van der Waals surface area contributed by atoms with Gasteiger partial charge in [-0.25, -0.2) is 4.39 Å². The number of halogens is 2. The lowest BCUT2D eigenvalue weighted by Gasteiger charge is -2.36. The van der Waals surface area contributed by atoms with Crippen LogP contribution in [-0.2, 0) is 9.53 Å². The molecule has 2 rings (SSSR count). The Morgan fingerprint density at radius 1 is 1.43 bits per heavy atom. The minimum atomic E-state index is -0.631. The molecule has 3 N–H and O–H groups in total. The molecule has 1 aliphatic heterocycles. The monoisotopic (exact) mass is 342 g/mol. The third-order valence-electron chi connectivity index (χ3n) is 4.60. The minimum Gasteiger partial charge on any atom is -0.381 e. The molecule has 1 aliphatic rings. The number of primary amides is 1.